The first kappa shape index (κ1) is 16.5. The van der Waals surface area contributed by atoms with Gasteiger partial charge >= 0.3 is 0 Å². The summed E-state index contributed by atoms with van der Waals surface area (Å²) >= 11 is 1.60. The van der Waals surface area contributed by atoms with Crippen LogP contribution in [0.3, 0.4) is 0 Å². The average Bonchev–Trinajstić information content (AvgIpc) is 2.41. The van der Waals surface area contributed by atoms with Crippen LogP contribution < -0.4 is 5.32 Å². The molecule has 0 aliphatic heterocycles. The summed E-state index contributed by atoms with van der Waals surface area (Å²) < 4.78 is 0. The standard InChI is InChI=1S/C14H20N2O3S/c1-4-5-8-20-11(3)14(17)15-13-9-12(16(18)19)7-6-10(13)2/h6-7,9,11H,4-5,8H2,1-3H3,(H,15,17). The van der Waals surface area contributed by atoms with Crippen LogP contribution in [0.5, 0.6) is 0 Å². The number of non-ortho nitro benzene ring substituents is 1. The Morgan fingerprint density at radius 2 is 2.20 bits per heavy atom. The highest BCUT2D eigenvalue weighted by Gasteiger charge is 2.16. The molecule has 0 radical (unpaired) electrons. The van der Waals surface area contributed by atoms with Crippen molar-refractivity contribution < 1.29 is 9.72 Å². The van der Waals surface area contributed by atoms with Crippen LogP contribution in [0.15, 0.2) is 18.2 Å². The van der Waals surface area contributed by atoms with Crippen LogP contribution >= 0.6 is 11.8 Å². The second-order valence-electron chi connectivity index (χ2n) is 4.61. The van der Waals surface area contributed by atoms with Gasteiger partial charge in [-0.3, -0.25) is 14.9 Å². The molecule has 1 aromatic carbocycles. The lowest BCUT2D eigenvalue weighted by atomic mass is 10.2. The van der Waals surface area contributed by atoms with Gasteiger partial charge in [-0.2, -0.15) is 0 Å². The van der Waals surface area contributed by atoms with Crippen LogP contribution in [0, 0.1) is 17.0 Å². The van der Waals surface area contributed by atoms with E-state index in [9.17, 15) is 14.9 Å². The van der Waals surface area contributed by atoms with Gasteiger partial charge in [0.2, 0.25) is 5.91 Å². The lowest BCUT2D eigenvalue weighted by Crippen LogP contribution is -2.23. The highest BCUT2D eigenvalue weighted by molar-refractivity contribution is 8.00. The molecule has 1 N–H and O–H groups in total. The van der Waals surface area contributed by atoms with Gasteiger partial charge in [0.05, 0.1) is 15.9 Å². The minimum absolute atomic E-state index is 0.0165. The number of nitrogens with zero attached hydrogens (tertiary/aromatic N) is 1. The fraction of sp³-hybridized carbons (Fsp3) is 0.500. The van der Waals surface area contributed by atoms with Gasteiger partial charge in [-0.05, 0) is 31.6 Å². The minimum atomic E-state index is -0.464. The summed E-state index contributed by atoms with van der Waals surface area (Å²) in [6, 6.07) is 4.48. The predicted molar refractivity (Wildman–Crippen MR) is 83.3 cm³/mol. The molecule has 0 heterocycles. The zero-order valence-electron chi connectivity index (χ0n) is 12.0. The smallest absolute Gasteiger partial charge is 0.271 e. The Balaban J connectivity index is 2.69. The first-order valence-electron chi connectivity index (χ1n) is 6.63. The fourth-order valence-electron chi connectivity index (χ4n) is 1.57. The number of amides is 1. The third kappa shape index (κ3) is 4.85. The van der Waals surface area contributed by atoms with Crippen LogP contribution in [0.1, 0.15) is 32.3 Å². The molecule has 20 heavy (non-hydrogen) atoms. The normalized spacial score (nSPS) is 11.9. The Hall–Kier alpha value is -1.56. The molecule has 0 bridgehead atoms. The van der Waals surface area contributed by atoms with Crippen molar-refractivity contribution in [1.29, 1.82) is 0 Å². The molecule has 0 aliphatic rings. The van der Waals surface area contributed by atoms with E-state index in [1.54, 1.807) is 17.8 Å². The van der Waals surface area contributed by atoms with Gasteiger partial charge in [-0.15, -0.1) is 11.8 Å². The number of rotatable bonds is 7. The highest BCUT2D eigenvalue weighted by atomic mass is 32.2. The van der Waals surface area contributed by atoms with E-state index in [1.165, 1.54) is 12.1 Å². The van der Waals surface area contributed by atoms with Crippen LogP contribution in [0.4, 0.5) is 11.4 Å². The Morgan fingerprint density at radius 1 is 1.50 bits per heavy atom. The minimum Gasteiger partial charge on any atom is -0.325 e. The molecule has 0 saturated carbocycles. The third-order valence-corrected chi connectivity index (χ3v) is 4.16. The number of nitro benzene ring substituents is 1. The van der Waals surface area contributed by atoms with Crippen LogP contribution in [-0.2, 0) is 4.79 Å². The van der Waals surface area contributed by atoms with Crippen molar-refractivity contribution in [3.05, 3.63) is 33.9 Å². The van der Waals surface area contributed by atoms with Gasteiger partial charge in [0.15, 0.2) is 0 Å². The molecule has 6 heteroatoms. The number of benzene rings is 1. The van der Waals surface area contributed by atoms with Crippen molar-refractivity contribution in [3.63, 3.8) is 0 Å². The van der Waals surface area contributed by atoms with E-state index < -0.39 is 4.92 Å². The molecule has 0 spiro atoms. The Labute approximate surface area is 123 Å². The van der Waals surface area contributed by atoms with Gasteiger partial charge in [0.25, 0.3) is 5.69 Å². The first-order chi connectivity index (χ1) is 9.45. The summed E-state index contributed by atoms with van der Waals surface area (Å²) in [6.07, 6.45) is 2.18. The zero-order chi connectivity index (χ0) is 15.1. The largest absolute Gasteiger partial charge is 0.325 e. The molecule has 110 valence electrons. The van der Waals surface area contributed by atoms with E-state index in [1.807, 2.05) is 13.8 Å². The van der Waals surface area contributed by atoms with E-state index in [0.29, 0.717) is 5.69 Å². The first-order valence-corrected chi connectivity index (χ1v) is 7.68. The van der Waals surface area contributed by atoms with Crippen LogP contribution in [-0.4, -0.2) is 21.8 Å². The summed E-state index contributed by atoms with van der Waals surface area (Å²) in [5, 5.41) is 13.3. The predicted octanol–water partition coefficient (Wildman–Crippen LogP) is 3.76. The molecule has 1 amide bonds. The molecule has 1 atom stereocenters. The van der Waals surface area contributed by atoms with E-state index in [2.05, 4.69) is 12.2 Å². The number of carbonyl (C=O) groups is 1. The van der Waals surface area contributed by atoms with Gasteiger partial charge in [-0.25, -0.2) is 0 Å². The number of nitro groups is 1. The topological polar surface area (TPSA) is 72.2 Å². The number of hydrogen-bond donors (Lipinski definition) is 1. The number of hydrogen-bond acceptors (Lipinski definition) is 4. The molecule has 0 saturated heterocycles. The van der Waals surface area contributed by atoms with Crippen LogP contribution in [0.2, 0.25) is 0 Å². The maximum Gasteiger partial charge on any atom is 0.271 e. The third-order valence-electron chi connectivity index (χ3n) is 2.92. The second kappa shape index (κ2) is 7.89. The molecule has 1 aromatic rings. The molecule has 1 rings (SSSR count). The summed E-state index contributed by atoms with van der Waals surface area (Å²) in [5.41, 5.74) is 1.30. The quantitative estimate of drug-likeness (QED) is 0.472. The zero-order valence-corrected chi connectivity index (χ0v) is 12.8. The van der Waals surface area contributed by atoms with E-state index in [0.717, 1.165) is 24.2 Å². The van der Waals surface area contributed by atoms with Crippen molar-refractivity contribution >= 4 is 29.0 Å². The Morgan fingerprint density at radius 3 is 2.80 bits per heavy atom. The molecule has 0 aromatic heterocycles. The Bertz CT molecular complexity index is 491. The summed E-state index contributed by atoms with van der Waals surface area (Å²) in [6.45, 7) is 5.77. The van der Waals surface area contributed by atoms with E-state index in [-0.39, 0.29) is 16.8 Å². The number of carbonyl (C=O) groups excluding carboxylic acids is 1. The lowest BCUT2D eigenvalue weighted by molar-refractivity contribution is -0.384. The molecular formula is C14H20N2O3S. The van der Waals surface area contributed by atoms with Gasteiger partial charge in [-0.1, -0.05) is 19.4 Å². The summed E-state index contributed by atoms with van der Waals surface area (Å²) in [4.78, 5) is 22.3. The summed E-state index contributed by atoms with van der Waals surface area (Å²) in [5.74, 6) is 0.827. The van der Waals surface area contributed by atoms with Crippen molar-refractivity contribution in [2.24, 2.45) is 0 Å². The highest BCUT2D eigenvalue weighted by Crippen LogP contribution is 2.23. The lowest BCUT2D eigenvalue weighted by Gasteiger charge is -2.13. The number of nitrogens with one attached hydrogen (secondary N) is 1. The van der Waals surface area contributed by atoms with Gasteiger partial charge in [0, 0.05) is 12.1 Å². The van der Waals surface area contributed by atoms with Crippen molar-refractivity contribution in [2.75, 3.05) is 11.1 Å². The SMILES string of the molecule is CCCCSC(C)C(=O)Nc1cc([N+](=O)[O-])ccc1C. The van der Waals surface area contributed by atoms with Crippen LogP contribution in [0.25, 0.3) is 0 Å². The summed E-state index contributed by atoms with van der Waals surface area (Å²) in [7, 11) is 0. The van der Waals surface area contributed by atoms with Crippen molar-refractivity contribution in [1.82, 2.24) is 0 Å². The number of anilines is 1. The van der Waals surface area contributed by atoms with Crippen molar-refractivity contribution in [3.8, 4) is 0 Å². The van der Waals surface area contributed by atoms with E-state index in [4.69, 9.17) is 0 Å². The number of unbranched alkanes of at least 4 members (excludes halogenated alkanes) is 1. The van der Waals surface area contributed by atoms with E-state index >= 15 is 0 Å². The molecule has 0 aliphatic carbocycles. The molecular weight excluding hydrogens is 276 g/mol. The monoisotopic (exact) mass is 296 g/mol. The maximum absolute atomic E-state index is 12.0. The number of thioether (sulfide) groups is 1. The second-order valence-corrected chi connectivity index (χ2v) is 6.06. The molecule has 1 unspecified atom stereocenters. The maximum atomic E-state index is 12.0. The number of aryl methyl sites for hydroxylation is 1. The van der Waals surface area contributed by atoms with Gasteiger partial charge in [0.1, 0.15) is 0 Å². The fourth-order valence-corrected chi connectivity index (χ4v) is 2.59. The molecule has 0 fully saturated rings. The molecule has 5 nitrogen and oxygen atoms in total. The average molecular weight is 296 g/mol. The van der Waals surface area contributed by atoms with Crippen molar-refractivity contribution in [2.45, 2.75) is 38.9 Å². The Kier molecular flexibility index (Phi) is 6.51. The van der Waals surface area contributed by atoms with Gasteiger partial charge < -0.3 is 5.32 Å².